The highest BCUT2D eigenvalue weighted by Gasteiger charge is 2.25. The zero-order valence-corrected chi connectivity index (χ0v) is 15.3. The number of fused-ring (bicyclic) bond motifs is 1. The van der Waals surface area contributed by atoms with Gasteiger partial charge in [0.05, 0.1) is 23.3 Å². The first-order valence-corrected chi connectivity index (χ1v) is 9.24. The zero-order valence-electron chi connectivity index (χ0n) is 15.3. The van der Waals surface area contributed by atoms with Crippen LogP contribution in [0, 0.1) is 6.92 Å². The zero-order chi connectivity index (χ0) is 19.1. The number of pyridine rings is 2. The Bertz CT molecular complexity index is 1190. The van der Waals surface area contributed by atoms with Crippen LogP contribution in [-0.2, 0) is 0 Å². The predicted octanol–water partition coefficient (Wildman–Crippen LogP) is 3.05. The minimum atomic E-state index is -0.131. The molecule has 1 fully saturated rings. The van der Waals surface area contributed by atoms with E-state index < -0.39 is 0 Å². The van der Waals surface area contributed by atoms with Crippen molar-refractivity contribution in [2.75, 3.05) is 0 Å². The third-order valence-electron chi connectivity index (χ3n) is 4.74. The molecular weight excluding hydrogens is 352 g/mol. The molecule has 1 N–H and O–H groups in total. The van der Waals surface area contributed by atoms with E-state index in [2.05, 4.69) is 20.4 Å². The summed E-state index contributed by atoms with van der Waals surface area (Å²) in [4.78, 5) is 26.4. The lowest BCUT2D eigenvalue weighted by Gasteiger charge is -2.09. The first-order valence-electron chi connectivity index (χ1n) is 9.24. The van der Waals surface area contributed by atoms with E-state index in [1.165, 1.54) is 0 Å². The fourth-order valence-corrected chi connectivity index (χ4v) is 3.16. The number of carbonyl (C=O) groups excluding carboxylic acids is 1. The molecule has 1 aliphatic carbocycles. The molecule has 7 heteroatoms. The molecule has 138 valence electrons. The van der Waals surface area contributed by atoms with Gasteiger partial charge in [0.2, 0.25) is 0 Å². The summed E-state index contributed by atoms with van der Waals surface area (Å²) in [5.41, 5.74) is 5.06. The number of aryl methyl sites for hydroxylation is 1. The molecule has 4 aromatic heterocycles. The van der Waals surface area contributed by atoms with Crippen LogP contribution in [0.2, 0.25) is 0 Å². The standard InChI is InChI=1S/C21H18N6O/c1-13-4-2-6-18(24-13)19-15(5-3-10-22-19)17-9-11-27-20(26-17)16(12-23-27)21(28)25-14-7-8-14/h2-6,9-12,14H,7-8H2,1H3,(H,25,28). The maximum atomic E-state index is 12.5. The molecule has 0 radical (unpaired) electrons. The number of carbonyl (C=O) groups is 1. The average Bonchev–Trinajstić information content (AvgIpc) is 3.43. The van der Waals surface area contributed by atoms with E-state index in [1.807, 2.05) is 49.5 Å². The van der Waals surface area contributed by atoms with E-state index in [9.17, 15) is 4.79 Å². The van der Waals surface area contributed by atoms with Gasteiger partial charge in [0, 0.05) is 29.7 Å². The highest BCUT2D eigenvalue weighted by Crippen LogP contribution is 2.28. The van der Waals surface area contributed by atoms with Crippen molar-refractivity contribution < 1.29 is 4.79 Å². The van der Waals surface area contributed by atoms with Crippen LogP contribution in [0.15, 0.2) is 55.0 Å². The lowest BCUT2D eigenvalue weighted by Crippen LogP contribution is -2.25. The normalized spacial score (nSPS) is 13.6. The Balaban J connectivity index is 1.61. The number of hydrogen-bond donors (Lipinski definition) is 1. The van der Waals surface area contributed by atoms with Crippen LogP contribution in [-0.4, -0.2) is 36.5 Å². The van der Waals surface area contributed by atoms with Crippen LogP contribution in [0.3, 0.4) is 0 Å². The molecule has 4 heterocycles. The fraction of sp³-hybridized carbons (Fsp3) is 0.190. The van der Waals surface area contributed by atoms with E-state index in [1.54, 1.807) is 16.9 Å². The number of amides is 1. The summed E-state index contributed by atoms with van der Waals surface area (Å²) in [7, 11) is 0. The summed E-state index contributed by atoms with van der Waals surface area (Å²) in [5, 5.41) is 7.26. The second-order valence-electron chi connectivity index (χ2n) is 6.95. The van der Waals surface area contributed by atoms with E-state index in [0.29, 0.717) is 11.2 Å². The minimum absolute atomic E-state index is 0.131. The van der Waals surface area contributed by atoms with Crippen molar-refractivity contribution >= 4 is 11.6 Å². The summed E-state index contributed by atoms with van der Waals surface area (Å²) >= 11 is 0. The molecule has 1 saturated carbocycles. The quantitative estimate of drug-likeness (QED) is 0.597. The van der Waals surface area contributed by atoms with Crippen molar-refractivity contribution in [1.82, 2.24) is 29.9 Å². The SMILES string of the molecule is Cc1cccc(-c2ncccc2-c2ccn3ncc(C(=O)NC4CC4)c3n2)n1. The monoisotopic (exact) mass is 370 g/mol. The van der Waals surface area contributed by atoms with Crippen molar-refractivity contribution in [3.05, 3.63) is 66.2 Å². The summed E-state index contributed by atoms with van der Waals surface area (Å²) in [6.45, 7) is 1.95. The summed E-state index contributed by atoms with van der Waals surface area (Å²) in [6.07, 6.45) is 7.19. The number of hydrogen-bond acceptors (Lipinski definition) is 5. The van der Waals surface area contributed by atoms with E-state index in [4.69, 9.17) is 4.98 Å². The summed E-state index contributed by atoms with van der Waals surface area (Å²) < 4.78 is 1.62. The first kappa shape index (κ1) is 16.6. The van der Waals surface area contributed by atoms with Crippen LogP contribution in [0.1, 0.15) is 28.9 Å². The van der Waals surface area contributed by atoms with Crippen molar-refractivity contribution in [1.29, 1.82) is 0 Å². The molecule has 5 rings (SSSR count). The first-order chi connectivity index (χ1) is 13.7. The largest absolute Gasteiger partial charge is 0.349 e. The predicted molar refractivity (Wildman–Crippen MR) is 105 cm³/mol. The van der Waals surface area contributed by atoms with Gasteiger partial charge in [0.15, 0.2) is 5.65 Å². The number of rotatable bonds is 4. The highest BCUT2D eigenvalue weighted by molar-refractivity contribution is 6.00. The average molecular weight is 370 g/mol. The molecule has 0 spiro atoms. The Kier molecular flexibility index (Phi) is 3.86. The maximum absolute atomic E-state index is 12.5. The highest BCUT2D eigenvalue weighted by atomic mass is 16.1. The van der Waals surface area contributed by atoms with Crippen molar-refractivity contribution in [2.45, 2.75) is 25.8 Å². The molecule has 0 aliphatic heterocycles. The van der Waals surface area contributed by atoms with Gasteiger partial charge in [-0.05, 0) is 50.1 Å². The van der Waals surface area contributed by atoms with Crippen LogP contribution < -0.4 is 5.32 Å². The lowest BCUT2D eigenvalue weighted by molar-refractivity contribution is 0.0952. The third kappa shape index (κ3) is 3.00. The lowest BCUT2D eigenvalue weighted by atomic mass is 10.1. The Labute approximate surface area is 161 Å². The summed E-state index contributed by atoms with van der Waals surface area (Å²) in [6, 6.07) is 11.8. The second-order valence-corrected chi connectivity index (χ2v) is 6.95. The van der Waals surface area contributed by atoms with Crippen molar-refractivity contribution in [3.63, 3.8) is 0 Å². The molecule has 4 aromatic rings. The Morgan fingerprint density at radius 1 is 1.11 bits per heavy atom. The molecule has 7 nitrogen and oxygen atoms in total. The fourth-order valence-electron chi connectivity index (χ4n) is 3.16. The molecule has 0 atom stereocenters. The van der Waals surface area contributed by atoms with Crippen LogP contribution >= 0.6 is 0 Å². The van der Waals surface area contributed by atoms with Gasteiger partial charge in [-0.25, -0.2) is 9.50 Å². The number of nitrogens with zero attached hydrogens (tertiary/aromatic N) is 5. The van der Waals surface area contributed by atoms with Gasteiger partial charge in [-0.15, -0.1) is 0 Å². The third-order valence-corrected chi connectivity index (χ3v) is 4.74. The molecular formula is C21H18N6O. The molecule has 28 heavy (non-hydrogen) atoms. The van der Waals surface area contributed by atoms with E-state index in [0.717, 1.165) is 41.2 Å². The molecule has 0 aromatic carbocycles. The van der Waals surface area contributed by atoms with Crippen LogP contribution in [0.5, 0.6) is 0 Å². The molecule has 0 bridgehead atoms. The molecule has 0 saturated heterocycles. The second kappa shape index (κ2) is 6.53. The number of aromatic nitrogens is 5. The van der Waals surface area contributed by atoms with Gasteiger partial charge in [0.1, 0.15) is 5.56 Å². The Morgan fingerprint density at radius 2 is 2.00 bits per heavy atom. The van der Waals surface area contributed by atoms with Gasteiger partial charge < -0.3 is 5.32 Å². The van der Waals surface area contributed by atoms with Gasteiger partial charge in [-0.2, -0.15) is 5.10 Å². The summed E-state index contributed by atoms with van der Waals surface area (Å²) in [5.74, 6) is -0.131. The van der Waals surface area contributed by atoms with E-state index in [-0.39, 0.29) is 11.9 Å². The van der Waals surface area contributed by atoms with Crippen LogP contribution in [0.25, 0.3) is 28.3 Å². The molecule has 1 amide bonds. The van der Waals surface area contributed by atoms with Gasteiger partial charge in [0.25, 0.3) is 5.91 Å². The van der Waals surface area contributed by atoms with Gasteiger partial charge >= 0.3 is 0 Å². The van der Waals surface area contributed by atoms with Crippen molar-refractivity contribution in [2.24, 2.45) is 0 Å². The molecule has 0 unspecified atom stereocenters. The Morgan fingerprint density at radius 3 is 2.82 bits per heavy atom. The van der Waals surface area contributed by atoms with Crippen LogP contribution in [0.4, 0.5) is 0 Å². The van der Waals surface area contributed by atoms with E-state index >= 15 is 0 Å². The smallest absolute Gasteiger partial charge is 0.256 e. The van der Waals surface area contributed by atoms with Gasteiger partial charge in [-0.3, -0.25) is 14.8 Å². The topological polar surface area (TPSA) is 85.1 Å². The maximum Gasteiger partial charge on any atom is 0.256 e. The van der Waals surface area contributed by atoms with Crippen molar-refractivity contribution in [3.8, 4) is 22.6 Å². The molecule has 1 aliphatic rings. The number of nitrogens with one attached hydrogen (secondary N) is 1. The van der Waals surface area contributed by atoms with Gasteiger partial charge in [-0.1, -0.05) is 6.07 Å². The minimum Gasteiger partial charge on any atom is -0.349 e. The Hall–Kier alpha value is -3.61.